The summed E-state index contributed by atoms with van der Waals surface area (Å²) < 4.78 is 4.47. The van der Waals surface area contributed by atoms with Crippen LogP contribution in [0.4, 0.5) is 0 Å². The molecule has 0 rings (SSSR count). The molecule has 0 aliphatic heterocycles. The summed E-state index contributed by atoms with van der Waals surface area (Å²) in [5.74, 6) is -0.410. The summed E-state index contributed by atoms with van der Waals surface area (Å²) >= 11 is 0. The van der Waals surface area contributed by atoms with Crippen LogP contribution in [0.3, 0.4) is 0 Å². The van der Waals surface area contributed by atoms with Gasteiger partial charge in [0.1, 0.15) is 5.71 Å². The average Bonchev–Trinajstić information content (AvgIpc) is 2.03. The maximum absolute atomic E-state index is 10.8. The number of hydrogen-bond donors (Lipinski definition) is 0. The van der Waals surface area contributed by atoms with Crippen LogP contribution in [0, 0.1) is 0 Å². The van der Waals surface area contributed by atoms with Crippen molar-refractivity contribution in [3.05, 3.63) is 24.4 Å². The largest absolute Gasteiger partial charge is 0.465 e. The summed E-state index contributed by atoms with van der Waals surface area (Å²) in [6.07, 6.45) is 3.33. The molecule has 0 saturated heterocycles. The van der Waals surface area contributed by atoms with Gasteiger partial charge in [0.25, 0.3) is 0 Å². The van der Waals surface area contributed by atoms with E-state index in [0.717, 1.165) is 5.70 Å². The molecule has 0 atom stereocenters. The van der Waals surface area contributed by atoms with Gasteiger partial charge >= 0.3 is 5.97 Å². The second-order valence-corrected chi connectivity index (χ2v) is 2.23. The lowest BCUT2D eigenvalue weighted by molar-refractivity contribution is -0.132. The van der Waals surface area contributed by atoms with E-state index in [1.807, 2.05) is 0 Å². The second-order valence-electron chi connectivity index (χ2n) is 2.23. The number of carbonyl (C=O) groups is 1. The van der Waals surface area contributed by atoms with Crippen molar-refractivity contribution >= 4 is 11.7 Å². The highest BCUT2D eigenvalue weighted by atomic mass is 16.5. The Hall–Kier alpha value is -1.38. The molecule has 0 fully saturated rings. The van der Waals surface area contributed by atoms with Crippen molar-refractivity contribution in [1.82, 2.24) is 0 Å². The zero-order valence-corrected chi connectivity index (χ0v) is 7.63. The number of carbonyl (C=O) groups excluding carboxylic acids is 1. The third-order valence-electron chi connectivity index (χ3n) is 1.18. The molecule has 3 nitrogen and oxygen atoms in total. The molecule has 0 N–H and O–H groups in total. The average molecular weight is 167 g/mol. The summed E-state index contributed by atoms with van der Waals surface area (Å²) in [7, 11) is 1.33. The van der Waals surface area contributed by atoms with Gasteiger partial charge in [-0.15, -0.1) is 0 Å². The van der Waals surface area contributed by atoms with Crippen LogP contribution in [0.1, 0.15) is 13.8 Å². The van der Waals surface area contributed by atoms with Crippen LogP contribution < -0.4 is 0 Å². The fourth-order valence-corrected chi connectivity index (χ4v) is 0.666. The van der Waals surface area contributed by atoms with Gasteiger partial charge in [0.2, 0.25) is 0 Å². The molecule has 0 saturated carbocycles. The summed E-state index contributed by atoms with van der Waals surface area (Å²) in [5, 5.41) is 0. The number of esters is 1. The minimum Gasteiger partial charge on any atom is -0.465 e. The van der Waals surface area contributed by atoms with Crippen LogP contribution in [0.25, 0.3) is 0 Å². The Morgan fingerprint density at radius 3 is 2.50 bits per heavy atom. The Balaban J connectivity index is 4.45. The number of hydrogen-bond acceptors (Lipinski definition) is 3. The molecule has 66 valence electrons. The molecule has 0 aromatic carbocycles. The van der Waals surface area contributed by atoms with E-state index in [0.29, 0.717) is 5.71 Å². The van der Waals surface area contributed by atoms with E-state index in [9.17, 15) is 4.79 Å². The third-order valence-corrected chi connectivity index (χ3v) is 1.18. The smallest absolute Gasteiger partial charge is 0.352 e. The van der Waals surface area contributed by atoms with Crippen LogP contribution in [0.15, 0.2) is 29.4 Å². The van der Waals surface area contributed by atoms with Crippen molar-refractivity contribution in [2.75, 3.05) is 7.11 Å². The van der Waals surface area contributed by atoms with Crippen molar-refractivity contribution in [3.8, 4) is 0 Å². The van der Waals surface area contributed by atoms with Gasteiger partial charge in [-0.2, -0.15) is 0 Å². The first-order chi connectivity index (χ1) is 5.61. The fourth-order valence-electron chi connectivity index (χ4n) is 0.666. The Morgan fingerprint density at radius 1 is 1.50 bits per heavy atom. The highest BCUT2D eigenvalue weighted by molar-refractivity contribution is 6.35. The second kappa shape index (κ2) is 5.29. The topological polar surface area (TPSA) is 38.7 Å². The molecule has 0 amide bonds. The lowest BCUT2D eigenvalue weighted by Gasteiger charge is -1.97. The monoisotopic (exact) mass is 167 g/mol. The van der Waals surface area contributed by atoms with E-state index >= 15 is 0 Å². The predicted octanol–water partition coefficient (Wildman–Crippen LogP) is 1.71. The molecule has 0 aliphatic carbocycles. The number of ether oxygens (including phenoxy) is 1. The van der Waals surface area contributed by atoms with Crippen molar-refractivity contribution in [2.45, 2.75) is 13.8 Å². The highest BCUT2D eigenvalue weighted by Gasteiger charge is 2.03. The highest BCUT2D eigenvalue weighted by Crippen LogP contribution is 1.96. The number of aliphatic imine (C=N–C) groups is 1. The molecule has 0 heterocycles. The van der Waals surface area contributed by atoms with Gasteiger partial charge in [0, 0.05) is 5.70 Å². The van der Waals surface area contributed by atoms with Gasteiger partial charge in [-0.3, -0.25) is 4.99 Å². The van der Waals surface area contributed by atoms with Crippen molar-refractivity contribution in [3.63, 3.8) is 0 Å². The molecule has 12 heavy (non-hydrogen) atoms. The van der Waals surface area contributed by atoms with Gasteiger partial charge in [0.05, 0.1) is 7.11 Å². The maximum atomic E-state index is 10.8. The zero-order valence-electron chi connectivity index (χ0n) is 7.63. The van der Waals surface area contributed by atoms with Gasteiger partial charge < -0.3 is 4.74 Å². The van der Waals surface area contributed by atoms with E-state index in [1.165, 1.54) is 7.11 Å². The minimum absolute atomic E-state index is 0.341. The molecule has 0 bridgehead atoms. The van der Waals surface area contributed by atoms with Crippen molar-refractivity contribution in [2.24, 2.45) is 4.99 Å². The normalized spacial score (nSPS) is 12.6. The number of nitrogens with zero attached hydrogens (tertiary/aromatic N) is 1. The molecule has 0 aromatic rings. The molecule has 0 aromatic heterocycles. The number of rotatable bonds is 3. The molecule has 0 radical (unpaired) electrons. The Morgan fingerprint density at radius 2 is 2.08 bits per heavy atom. The van der Waals surface area contributed by atoms with E-state index in [1.54, 1.807) is 26.0 Å². The number of allylic oxidation sites excluding steroid dienone is 3. The van der Waals surface area contributed by atoms with Crippen LogP contribution in [-0.2, 0) is 9.53 Å². The summed E-state index contributed by atoms with van der Waals surface area (Å²) in [6, 6.07) is 0. The first-order valence-corrected chi connectivity index (χ1v) is 3.54. The van der Waals surface area contributed by atoms with Crippen molar-refractivity contribution in [1.29, 1.82) is 0 Å². The summed E-state index contributed by atoms with van der Waals surface area (Å²) in [6.45, 7) is 6.90. The zero-order chi connectivity index (χ0) is 9.56. The lowest BCUT2D eigenvalue weighted by atomic mass is 10.4. The Labute approximate surface area is 72.4 Å². The lowest BCUT2D eigenvalue weighted by Crippen LogP contribution is -2.11. The van der Waals surface area contributed by atoms with E-state index < -0.39 is 5.97 Å². The van der Waals surface area contributed by atoms with Crippen LogP contribution in [0.5, 0.6) is 0 Å². The van der Waals surface area contributed by atoms with Crippen LogP contribution in [0.2, 0.25) is 0 Å². The molecule has 0 aliphatic rings. The summed E-state index contributed by atoms with van der Waals surface area (Å²) in [5.41, 5.74) is 1.07. The van der Waals surface area contributed by atoms with Crippen LogP contribution >= 0.6 is 0 Å². The Bertz CT molecular complexity index is 239. The first kappa shape index (κ1) is 10.6. The predicted molar refractivity (Wildman–Crippen MR) is 49.1 cm³/mol. The SMILES string of the molecule is C=C/C=C(/C)N=C(C)C(=O)OC. The maximum Gasteiger partial charge on any atom is 0.352 e. The molecule has 3 heteroatoms. The van der Waals surface area contributed by atoms with Crippen molar-refractivity contribution < 1.29 is 9.53 Å². The minimum atomic E-state index is -0.410. The third kappa shape index (κ3) is 3.71. The van der Waals surface area contributed by atoms with E-state index in [4.69, 9.17) is 0 Å². The quantitative estimate of drug-likeness (QED) is 0.364. The van der Waals surface area contributed by atoms with E-state index in [2.05, 4.69) is 16.3 Å². The molecule has 0 spiro atoms. The van der Waals surface area contributed by atoms with Gasteiger partial charge in [-0.1, -0.05) is 12.7 Å². The summed E-state index contributed by atoms with van der Waals surface area (Å²) in [4.78, 5) is 14.8. The molecular weight excluding hydrogens is 154 g/mol. The molecular formula is C9H13NO2. The van der Waals surface area contributed by atoms with Gasteiger partial charge in [-0.25, -0.2) is 4.79 Å². The Kier molecular flexibility index (Phi) is 4.69. The standard InChI is InChI=1S/C9H13NO2/c1-5-6-7(2)10-8(3)9(11)12-4/h5-6H,1H2,2-4H3/b7-6-,10-8?. The van der Waals surface area contributed by atoms with Crippen LogP contribution in [-0.4, -0.2) is 18.8 Å². The van der Waals surface area contributed by atoms with E-state index in [-0.39, 0.29) is 0 Å². The van der Waals surface area contributed by atoms with Gasteiger partial charge in [-0.05, 0) is 19.9 Å². The van der Waals surface area contributed by atoms with Gasteiger partial charge in [0.15, 0.2) is 0 Å². The fraction of sp³-hybridized carbons (Fsp3) is 0.333. The first-order valence-electron chi connectivity index (χ1n) is 3.54. The molecule has 0 unspecified atom stereocenters. The number of methoxy groups -OCH3 is 1.